The number of hydrogen-bond acceptors (Lipinski definition) is 5. The van der Waals surface area contributed by atoms with Crippen molar-refractivity contribution in [3.63, 3.8) is 0 Å². The van der Waals surface area contributed by atoms with Crippen molar-refractivity contribution in [1.29, 1.82) is 0 Å². The molecular formula is C17H17ClN4O2S. The molecule has 6 nitrogen and oxygen atoms in total. The highest BCUT2D eigenvalue weighted by atomic mass is 35.5. The van der Waals surface area contributed by atoms with Crippen LogP contribution in [0.3, 0.4) is 0 Å². The van der Waals surface area contributed by atoms with Crippen LogP contribution in [0.25, 0.3) is 10.9 Å². The number of nitrogens with one attached hydrogen (secondary N) is 1. The van der Waals surface area contributed by atoms with E-state index in [2.05, 4.69) is 10.3 Å². The van der Waals surface area contributed by atoms with Crippen molar-refractivity contribution < 1.29 is 8.42 Å². The summed E-state index contributed by atoms with van der Waals surface area (Å²) in [6, 6.07) is 14.1. The molecule has 3 rings (SSSR count). The Bertz CT molecular complexity index is 1020. The average molecular weight is 377 g/mol. The van der Waals surface area contributed by atoms with Gasteiger partial charge in [0.25, 0.3) is 0 Å². The second kappa shape index (κ2) is 6.87. The zero-order valence-corrected chi connectivity index (χ0v) is 14.8. The second-order valence-corrected chi connectivity index (χ2v) is 7.49. The molecule has 0 amide bonds. The van der Waals surface area contributed by atoms with Gasteiger partial charge in [-0.2, -0.15) is 0 Å². The molecule has 1 heterocycles. The molecule has 5 N–H and O–H groups in total. The molecule has 130 valence electrons. The maximum Gasteiger partial charge on any atom is 0.238 e. The van der Waals surface area contributed by atoms with Crippen LogP contribution in [0.5, 0.6) is 0 Å². The summed E-state index contributed by atoms with van der Waals surface area (Å²) in [5.41, 5.74) is 8.95. The van der Waals surface area contributed by atoms with Crippen molar-refractivity contribution >= 4 is 43.9 Å². The van der Waals surface area contributed by atoms with E-state index in [1.54, 1.807) is 12.1 Å². The molecule has 0 aliphatic heterocycles. The molecule has 0 aliphatic rings. The van der Waals surface area contributed by atoms with Crippen LogP contribution in [0.4, 0.5) is 11.4 Å². The molecule has 0 unspecified atom stereocenters. The van der Waals surface area contributed by atoms with Crippen molar-refractivity contribution in [3.8, 4) is 0 Å². The number of benzene rings is 2. The quantitative estimate of drug-likeness (QED) is 0.593. The third-order valence-corrected chi connectivity index (χ3v) is 5.07. The predicted octanol–water partition coefficient (Wildman–Crippen LogP) is 2.77. The zero-order valence-electron chi connectivity index (χ0n) is 13.2. The Kier molecular flexibility index (Phi) is 4.80. The summed E-state index contributed by atoms with van der Waals surface area (Å²) in [4.78, 5) is 4.36. The van der Waals surface area contributed by atoms with E-state index in [1.165, 1.54) is 12.1 Å². The van der Waals surface area contributed by atoms with Gasteiger partial charge < -0.3 is 11.1 Å². The Morgan fingerprint density at radius 2 is 1.76 bits per heavy atom. The molecule has 2 aromatic carbocycles. The molecule has 0 saturated heterocycles. The number of primary sulfonamides is 1. The highest BCUT2D eigenvalue weighted by molar-refractivity contribution is 7.89. The number of para-hydroxylation sites is 1. The molecule has 0 aliphatic carbocycles. The lowest BCUT2D eigenvalue weighted by molar-refractivity contribution is 0.598. The van der Waals surface area contributed by atoms with E-state index in [0.29, 0.717) is 18.7 Å². The van der Waals surface area contributed by atoms with Gasteiger partial charge in [-0.15, -0.1) is 0 Å². The molecular weight excluding hydrogens is 360 g/mol. The summed E-state index contributed by atoms with van der Waals surface area (Å²) >= 11 is 6.10. The van der Waals surface area contributed by atoms with Crippen LogP contribution >= 0.6 is 11.6 Å². The van der Waals surface area contributed by atoms with Gasteiger partial charge in [-0.3, -0.25) is 0 Å². The molecule has 8 heteroatoms. The fourth-order valence-corrected chi connectivity index (χ4v) is 3.27. The van der Waals surface area contributed by atoms with Crippen molar-refractivity contribution in [2.75, 3.05) is 17.6 Å². The number of pyridine rings is 1. The molecule has 25 heavy (non-hydrogen) atoms. The number of sulfonamides is 1. The first kappa shape index (κ1) is 17.5. The normalized spacial score (nSPS) is 11.6. The highest BCUT2D eigenvalue weighted by Crippen LogP contribution is 2.33. The average Bonchev–Trinajstić information content (AvgIpc) is 2.58. The Morgan fingerprint density at radius 1 is 1.08 bits per heavy atom. The van der Waals surface area contributed by atoms with E-state index in [0.717, 1.165) is 22.2 Å². The SMILES string of the molecule is Nc1c(Cl)nc2ccccc2c1NCCc1ccc(S(N)(=O)=O)cc1. The minimum Gasteiger partial charge on any atom is -0.395 e. The van der Waals surface area contributed by atoms with Crippen LogP contribution in [0.2, 0.25) is 5.15 Å². The first-order valence-electron chi connectivity index (χ1n) is 7.55. The van der Waals surface area contributed by atoms with Gasteiger partial charge in [0.15, 0.2) is 5.15 Å². The van der Waals surface area contributed by atoms with Gasteiger partial charge in [0, 0.05) is 11.9 Å². The summed E-state index contributed by atoms with van der Waals surface area (Å²) in [6.07, 6.45) is 0.679. The largest absolute Gasteiger partial charge is 0.395 e. The minimum atomic E-state index is -3.67. The predicted molar refractivity (Wildman–Crippen MR) is 101 cm³/mol. The number of anilines is 2. The maximum absolute atomic E-state index is 11.3. The van der Waals surface area contributed by atoms with Gasteiger partial charge in [-0.25, -0.2) is 18.5 Å². The monoisotopic (exact) mass is 376 g/mol. The van der Waals surface area contributed by atoms with Gasteiger partial charge in [0.2, 0.25) is 10.0 Å². The molecule has 0 saturated carbocycles. The van der Waals surface area contributed by atoms with E-state index < -0.39 is 10.0 Å². The number of aromatic nitrogens is 1. The van der Waals surface area contributed by atoms with Crippen LogP contribution in [0, 0.1) is 0 Å². The van der Waals surface area contributed by atoms with Crippen LogP contribution in [-0.2, 0) is 16.4 Å². The van der Waals surface area contributed by atoms with Crippen LogP contribution in [-0.4, -0.2) is 19.9 Å². The van der Waals surface area contributed by atoms with Crippen LogP contribution in [0.15, 0.2) is 53.4 Å². The lowest BCUT2D eigenvalue weighted by Gasteiger charge is -2.13. The summed E-state index contributed by atoms with van der Waals surface area (Å²) in [5, 5.41) is 9.55. The third-order valence-electron chi connectivity index (χ3n) is 3.85. The Hall–Kier alpha value is -2.35. The molecule has 1 aromatic heterocycles. The fourth-order valence-electron chi connectivity index (χ4n) is 2.56. The van der Waals surface area contributed by atoms with Gasteiger partial charge >= 0.3 is 0 Å². The lowest BCUT2D eigenvalue weighted by Crippen LogP contribution is -2.12. The van der Waals surface area contributed by atoms with Crippen molar-refractivity contribution in [2.24, 2.45) is 5.14 Å². The summed E-state index contributed by atoms with van der Waals surface area (Å²) in [5.74, 6) is 0. The summed E-state index contributed by atoms with van der Waals surface area (Å²) in [6.45, 7) is 0.600. The summed E-state index contributed by atoms with van der Waals surface area (Å²) in [7, 11) is -3.67. The second-order valence-electron chi connectivity index (χ2n) is 5.57. The molecule has 0 radical (unpaired) electrons. The molecule has 3 aromatic rings. The number of fused-ring (bicyclic) bond motifs is 1. The summed E-state index contributed by atoms with van der Waals surface area (Å²) < 4.78 is 22.5. The van der Waals surface area contributed by atoms with E-state index >= 15 is 0 Å². The molecule has 0 fully saturated rings. The number of hydrogen-bond donors (Lipinski definition) is 3. The number of nitrogens with zero attached hydrogens (tertiary/aromatic N) is 1. The van der Waals surface area contributed by atoms with Gasteiger partial charge in [-0.05, 0) is 30.2 Å². The van der Waals surface area contributed by atoms with Crippen molar-refractivity contribution in [2.45, 2.75) is 11.3 Å². The maximum atomic E-state index is 11.3. The smallest absolute Gasteiger partial charge is 0.238 e. The number of halogens is 1. The van der Waals surface area contributed by atoms with E-state index in [4.69, 9.17) is 22.5 Å². The van der Waals surface area contributed by atoms with Gasteiger partial charge in [-0.1, -0.05) is 41.9 Å². The Balaban J connectivity index is 1.76. The van der Waals surface area contributed by atoms with E-state index in [1.807, 2.05) is 24.3 Å². The lowest BCUT2D eigenvalue weighted by atomic mass is 10.1. The fraction of sp³-hybridized carbons (Fsp3) is 0.118. The zero-order chi connectivity index (χ0) is 18.0. The Morgan fingerprint density at radius 3 is 2.44 bits per heavy atom. The van der Waals surface area contributed by atoms with E-state index in [9.17, 15) is 8.42 Å². The van der Waals surface area contributed by atoms with E-state index in [-0.39, 0.29) is 10.0 Å². The molecule has 0 bridgehead atoms. The molecule has 0 spiro atoms. The highest BCUT2D eigenvalue weighted by Gasteiger charge is 2.11. The molecule has 0 atom stereocenters. The Labute approximate surface area is 150 Å². The minimum absolute atomic E-state index is 0.0976. The van der Waals surface area contributed by atoms with Crippen LogP contribution in [0.1, 0.15) is 5.56 Å². The van der Waals surface area contributed by atoms with Gasteiger partial charge in [0.05, 0.1) is 21.8 Å². The first-order valence-corrected chi connectivity index (χ1v) is 9.48. The van der Waals surface area contributed by atoms with Crippen molar-refractivity contribution in [1.82, 2.24) is 4.98 Å². The standard InChI is InChI=1S/C17H17ClN4O2S/c18-17-15(19)16(13-3-1-2-4-14(13)22-17)21-10-9-11-5-7-12(8-6-11)25(20,23)24/h1-8H,9-10,19H2,(H,21,22)(H2,20,23,24). The third kappa shape index (κ3) is 3.84. The first-order chi connectivity index (χ1) is 11.9. The van der Waals surface area contributed by atoms with Crippen molar-refractivity contribution in [3.05, 3.63) is 59.2 Å². The van der Waals surface area contributed by atoms with Gasteiger partial charge in [0.1, 0.15) is 0 Å². The number of rotatable bonds is 5. The number of nitrogens with two attached hydrogens (primary N) is 2. The number of nitrogen functional groups attached to an aromatic ring is 1. The topological polar surface area (TPSA) is 111 Å². The van der Waals surface area contributed by atoms with Crippen LogP contribution < -0.4 is 16.2 Å².